The van der Waals surface area contributed by atoms with Gasteiger partial charge in [0.05, 0.1) is 0 Å². The molecule has 1 aliphatic rings. The molecule has 0 amide bonds. The molecule has 0 spiro atoms. The van der Waals surface area contributed by atoms with Gasteiger partial charge in [0.1, 0.15) is 0 Å². The van der Waals surface area contributed by atoms with Crippen LogP contribution in [0.15, 0.2) is 30.3 Å². The molecule has 1 fully saturated rings. The van der Waals surface area contributed by atoms with Crippen molar-refractivity contribution in [1.82, 2.24) is 5.32 Å². The summed E-state index contributed by atoms with van der Waals surface area (Å²) in [5, 5.41) is 7.75. The van der Waals surface area contributed by atoms with E-state index in [4.69, 9.17) is 5.14 Å². The fourth-order valence-corrected chi connectivity index (χ4v) is 3.41. The van der Waals surface area contributed by atoms with Crippen LogP contribution in [0.5, 0.6) is 0 Å². The normalized spacial score (nSPS) is 19.6. The molecule has 100 valence electrons. The lowest BCUT2D eigenvalue weighted by molar-refractivity contribution is 0.363. The predicted octanol–water partition coefficient (Wildman–Crippen LogP) is 1.90. The van der Waals surface area contributed by atoms with E-state index >= 15 is 0 Å². The van der Waals surface area contributed by atoms with Crippen molar-refractivity contribution in [3.63, 3.8) is 0 Å². The summed E-state index contributed by atoms with van der Waals surface area (Å²) in [6, 6.07) is 9.37. The van der Waals surface area contributed by atoms with E-state index in [1.165, 1.54) is 6.42 Å². The van der Waals surface area contributed by atoms with Crippen LogP contribution in [0.2, 0.25) is 0 Å². The van der Waals surface area contributed by atoms with E-state index in [9.17, 15) is 8.42 Å². The molecule has 0 radical (unpaired) electrons. The molecule has 1 atom stereocenters. The lowest BCUT2D eigenvalue weighted by Gasteiger charge is -2.27. The van der Waals surface area contributed by atoms with Gasteiger partial charge in [-0.05, 0) is 18.4 Å². The number of nitrogens with one attached hydrogen (secondary N) is 1. The van der Waals surface area contributed by atoms with Crippen LogP contribution in [0.25, 0.3) is 0 Å². The Hall–Kier alpha value is -0.910. The highest BCUT2D eigenvalue weighted by molar-refractivity contribution is 7.89. The molecule has 1 unspecified atom stereocenters. The van der Waals surface area contributed by atoms with Crippen molar-refractivity contribution in [3.05, 3.63) is 35.9 Å². The van der Waals surface area contributed by atoms with Crippen LogP contribution >= 0.6 is 0 Å². The average molecular weight is 268 g/mol. The van der Waals surface area contributed by atoms with E-state index in [1.807, 2.05) is 18.2 Å². The standard InChI is InChI=1S/C13H20N2O2S/c14-18(16,17)13(11-7-3-1-4-8-11)15-12-9-5-2-6-10-12/h1,3-4,7-8,12-13,15H,2,5-6,9-10H2,(H2,14,16,17). The largest absolute Gasteiger partial charge is 0.293 e. The summed E-state index contributed by atoms with van der Waals surface area (Å²) in [4.78, 5) is 0. The van der Waals surface area contributed by atoms with E-state index in [0.29, 0.717) is 5.56 Å². The van der Waals surface area contributed by atoms with Crippen molar-refractivity contribution < 1.29 is 8.42 Å². The summed E-state index contributed by atoms with van der Waals surface area (Å²) in [6.45, 7) is 0. The Labute approximate surface area is 109 Å². The molecule has 0 aromatic heterocycles. The Bertz CT molecular complexity index is 467. The minimum Gasteiger partial charge on any atom is -0.293 e. The Balaban J connectivity index is 2.16. The third-order valence-corrected chi connectivity index (χ3v) is 4.49. The van der Waals surface area contributed by atoms with Crippen molar-refractivity contribution in [2.45, 2.75) is 43.5 Å². The second kappa shape index (κ2) is 5.82. The number of hydrogen-bond donors (Lipinski definition) is 2. The maximum absolute atomic E-state index is 11.7. The highest BCUT2D eigenvalue weighted by Crippen LogP contribution is 2.23. The number of sulfonamides is 1. The summed E-state index contributed by atoms with van der Waals surface area (Å²) >= 11 is 0. The monoisotopic (exact) mass is 268 g/mol. The molecule has 2 rings (SSSR count). The SMILES string of the molecule is NS(=O)(=O)C(NC1CCCCC1)c1ccccc1. The summed E-state index contributed by atoms with van der Waals surface area (Å²) < 4.78 is 23.4. The fourth-order valence-electron chi connectivity index (χ4n) is 2.49. The Morgan fingerprint density at radius 1 is 1.11 bits per heavy atom. The van der Waals surface area contributed by atoms with Gasteiger partial charge >= 0.3 is 0 Å². The lowest BCUT2D eigenvalue weighted by atomic mass is 9.95. The zero-order valence-corrected chi connectivity index (χ0v) is 11.2. The number of rotatable bonds is 4. The molecule has 4 nitrogen and oxygen atoms in total. The molecule has 0 bridgehead atoms. The topological polar surface area (TPSA) is 72.2 Å². The maximum atomic E-state index is 11.7. The van der Waals surface area contributed by atoms with Gasteiger partial charge in [-0.1, -0.05) is 49.6 Å². The van der Waals surface area contributed by atoms with Crippen LogP contribution in [0.4, 0.5) is 0 Å². The first-order valence-electron chi connectivity index (χ1n) is 6.40. The Kier molecular flexibility index (Phi) is 4.37. The first-order chi connectivity index (χ1) is 8.57. The summed E-state index contributed by atoms with van der Waals surface area (Å²) in [6.07, 6.45) is 5.61. The van der Waals surface area contributed by atoms with Crippen molar-refractivity contribution in [2.75, 3.05) is 0 Å². The van der Waals surface area contributed by atoms with Gasteiger partial charge in [0.15, 0.2) is 5.37 Å². The predicted molar refractivity (Wildman–Crippen MR) is 72.3 cm³/mol. The second-order valence-corrected chi connectivity index (χ2v) is 6.53. The molecule has 0 aliphatic heterocycles. The third-order valence-electron chi connectivity index (χ3n) is 3.42. The van der Waals surface area contributed by atoms with Crippen LogP contribution in [0.1, 0.15) is 43.0 Å². The average Bonchev–Trinajstić information content (AvgIpc) is 2.37. The number of hydrogen-bond acceptors (Lipinski definition) is 3. The minimum absolute atomic E-state index is 0.252. The van der Waals surface area contributed by atoms with Crippen LogP contribution in [0.3, 0.4) is 0 Å². The van der Waals surface area contributed by atoms with E-state index in [2.05, 4.69) is 5.32 Å². The highest BCUT2D eigenvalue weighted by atomic mass is 32.2. The van der Waals surface area contributed by atoms with Crippen molar-refractivity contribution >= 4 is 10.0 Å². The number of nitrogens with two attached hydrogens (primary N) is 1. The van der Waals surface area contributed by atoms with Crippen molar-refractivity contribution in [3.8, 4) is 0 Å². The van der Waals surface area contributed by atoms with Gasteiger partial charge in [-0.2, -0.15) is 0 Å². The van der Waals surface area contributed by atoms with Gasteiger partial charge in [0.2, 0.25) is 10.0 Å². The Morgan fingerprint density at radius 2 is 1.72 bits per heavy atom. The molecule has 1 aromatic carbocycles. The highest BCUT2D eigenvalue weighted by Gasteiger charge is 2.26. The van der Waals surface area contributed by atoms with Gasteiger partial charge in [0, 0.05) is 6.04 Å². The van der Waals surface area contributed by atoms with E-state index in [0.717, 1.165) is 25.7 Å². The fraction of sp³-hybridized carbons (Fsp3) is 0.538. The first-order valence-corrected chi connectivity index (χ1v) is 8.01. The van der Waals surface area contributed by atoms with Crippen LogP contribution < -0.4 is 10.5 Å². The first kappa shape index (κ1) is 13.5. The van der Waals surface area contributed by atoms with E-state index in [-0.39, 0.29) is 6.04 Å². The second-order valence-electron chi connectivity index (χ2n) is 4.88. The van der Waals surface area contributed by atoms with E-state index < -0.39 is 15.4 Å². The molecule has 5 heteroatoms. The molecule has 0 saturated heterocycles. The van der Waals surface area contributed by atoms with Crippen LogP contribution in [-0.4, -0.2) is 14.5 Å². The zero-order valence-electron chi connectivity index (χ0n) is 10.4. The number of primary sulfonamides is 1. The van der Waals surface area contributed by atoms with Gasteiger partial charge in [-0.3, -0.25) is 5.32 Å². The summed E-state index contributed by atoms with van der Waals surface area (Å²) in [5.74, 6) is 0. The molecule has 0 heterocycles. The molecule has 18 heavy (non-hydrogen) atoms. The third kappa shape index (κ3) is 3.54. The lowest BCUT2D eigenvalue weighted by Crippen LogP contribution is -2.40. The zero-order chi connectivity index (χ0) is 13.0. The molecule has 1 aliphatic carbocycles. The molecule has 1 aromatic rings. The summed E-state index contributed by atoms with van der Waals surface area (Å²) in [5.41, 5.74) is 0.713. The van der Waals surface area contributed by atoms with E-state index in [1.54, 1.807) is 12.1 Å². The van der Waals surface area contributed by atoms with Gasteiger partial charge in [-0.25, -0.2) is 13.6 Å². The molecule has 3 N–H and O–H groups in total. The van der Waals surface area contributed by atoms with Gasteiger partial charge < -0.3 is 0 Å². The van der Waals surface area contributed by atoms with Crippen LogP contribution in [-0.2, 0) is 10.0 Å². The smallest absolute Gasteiger partial charge is 0.229 e. The van der Waals surface area contributed by atoms with Crippen molar-refractivity contribution in [2.24, 2.45) is 5.14 Å². The molecule has 1 saturated carbocycles. The summed E-state index contributed by atoms with van der Waals surface area (Å²) in [7, 11) is -3.63. The number of benzene rings is 1. The van der Waals surface area contributed by atoms with Gasteiger partial charge in [-0.15, -0.1) is 0 Å². The molecular weight excluding hydrogens is 248 g/mol. The maximum Gasteiger partial charge on any atom is 0.229 e. The Morgan fingerprint density at radius 3 is 2.28 bits per heavy atom. The molecular formula is C13H20N2O2S. The minimum atomic E-state index is -3.63. The van der Waals surface area contributed by atoms with Crippen molar-refractivity contribution in [1.29, 1.82) is 0 Å². The van der Waals surface area contributed by atoms with Gasteiger partial charge in [0.25, 0.3) is 0 Å². The quantitative estimate of drug-likeness (QED) is 0.876. The van der Waals surface area contributed by atoms with Crippen LogP contribution in [0, 0.1) is 0 Å².